The van der Waals surface area contributed by atoms with Crippen LogP contribution in [0.3, 0.4) is 0 Å². The average Bonchev–Trinajstić information content (AvgIpc) is 2.34. The molecular weight excluding hydrogens is 146 g/mol. The summed E-state index contributed by atoms with van der Waals surface area (Å²) in [6.45, 7) is 2.06. The first-order valence-corrected chi connectivity index (χ1v) is 4.05. The largest absolute Gasteiger partial charge is 0.391 e. The number of hydrogen-bond donors (Lipinski definition) is 2. The van der Waals surface area contributed by atoms with E-state index in [2.05, 4.69) is 0 Å². The Morgan fingerprint density at radius 3 is 2.80 bits per heavy atom. The summed E-state index contributed by atoms with van der Waals surface area (Å²) in [7, 11) is 0. The molecule has 1 aromatic rings. The molecule has 0 radical (unpaired) electrons. The van der Waals surface area contributed by atoms with Gasteiger partial charge in [0.1, 0.15) is 0 Å². The van der Waals surface area contributed by atoms with Crippen molar-refractivity contribution in [2.45, 2.75) is 19.6 Å². The molecule has 1 aromatic heterocycles. The molecule has 0 aliphatic rings. The van der Waals surface area contributed by atoms with Gasteiger partial charge < -0.3 is 10.8 Å². The molecule has 1 atom stereocenters. The molecule has 0 amide bonds. The van der Waals surface area contributed by atoms with Gasteiger partial charge in [0.05, 0.1) is 6.61 Å². The van der Waals surface area contributed by atoms with Crippen LogP contribution in [0.25, 0.3) is 0 Å². The fourth-order valence-corrected chi connectivity index (χ4v) is 1.57. The summed E-state index contributed by atoms with van der Waals surface area (Å²) in [6.07, 6.45) is 0. The van der Waals surface area contributed by atoms with Crippen molar-refractivity contribution in [3.05, 3.63) is 21.9 Å². The van der Waals surface area contributed by atoms with Crippen LogP contribution in [-0.2, 0) is 6.61 Å². The van der Waals surface area contributed by atoms with E-state index in [1.165, 1.54) is 0 Å². The molecule has 0 spiro atoms. The fourth-order valence-electron chi connectivity index (χ4n) is 0.719. The summed E-state index contributed by atoms with van der Waals surface area (Å²) in [4.78, 5) is 0.979. The minimum atomic E-state index is 0.0801. The highest BCUT2D eigenvalue weighted by Crippen LogP contribution is 2.18. The highest BCUT2D eigenvalue weighted by molar-refractivity contribution is 7.10. The number of aliphatic hydroxyl groups excluding tert-OH is 1. The molecule has 3 heteroatoms. The molecule has 0 saturated heterocycles. The van der Waals surface area contributed by atoms with E-state index in [1.807, 2.05) is 18.4 Å². The summed E-state index contributed by atoms with van der Waals surface area (Å²) < 4.78 is 0. The van der Waals surface area contributed by atoms with Crippen LogP contribution < -0.4 is 5.73 Å². The number of rotatable bonds is 2. The van der Waals surface area contributed by atoms with E-state index in [-0.39, 0.29) is 12.6 Å². The lowest BCUT2D eigenvalue weighted by molar-refractivity contribution is 0.285. The van der Waals surface area contributed by atoms with Gasteiger partial charge in [-0.05, 0) is 23.9 Å². The summed E-state index contributed by atoms with van der Waals surface area (Å²) >= 11 is 1.55. The minimum Gasteiger partial charge on any atom is -0.391 e. The van der Waals surface area contributed by atoms with Crippen LogP contribution in [0.1, 0.15) is 23.4 Å². The van der Waals surface area contributed by atoms with Gasteiger partial charge in [0.2, 0.25) is 0 Å². The lowest BCUT2D eigenvalue weighted by Crippen LogP contribution is -2.02. The maximum absolute atomic E-state index is 8.70. The average molecular weight is 157 g/mol. The minimum absolute atomic E-state index is 0.0801. The number of hydrogen-bond acceptors (Lipinski definition) is 3. The van der Waals surface area contributed by atoms with E-state index in [0.29, 0.717) is 0 Å². The molecule has 0 aliphatic carbocycles. The van der Waals surface area contributed by atoms with Crippen molar-refractivity contribution >= 4 is 11.3 Å². The molecule has 0 bridgehead atoms. The van der Waals surface area contributed by atoms with Gasteiger partial charge in [0.15, 0.2) is 0 Å². The van der Waals surface area contributed by atoms with Crippen LogP contribution in [0, 0.1) is 0 Å². The van der Waals surface area contributed by atoms with Crippen LogP contribution >= 0.6 is 11.3 Å². The van der Waals surface area contributed by atoms with E-state index in [4.69, 9.17) is 10.8 Å². The smallest absolute Gasteiger partial charge is 0.0774 e. The van der Waals surface area contributed by atoms with Gasteiger partial charge in [-0.15, -0.1) is 11.3 Å². The van der Waals surface area contributed by atoms with Crippen LogP contribution in [0.15, 0.2) is 11.4 Å². The quantitative estimate of drug-likeness (QED) is 0.679. The normalized spacial score (nSPS) is 13.5. The Bertz CT molecular complexity index is 207. The summed E-state index contributed by atoms with van der Waals surface area (Å²) in [5, 5.41) is 10.7. The molecule has 10 heavy (non-hydrogen) atoms. The second kappa shape index (κ2) is 3.14. The highest BCUT2D eigenvalue weighted by Gasteiger charge is 2.01. The van der Waals surface area contributed by atoms with E-state index < -0.39 is 0 Å². The van der Waals surface area contributed by atoms with Gasteiger partial charge in [0, 0.05) is 10.9 Å². The number of nitrogens with two attached hydrogens (primary N) is 1. The monoisotopic (exact) mass is 157 g/mol. The predicted molar refractivity (Wildman–Crippen MR) is 42.8 cm³/mol. The zero-order valence-corrected chi connectivity index (χ0v) is 6.69. The maximum Gasteiger partial charge on any atom is 0.0774 e. The van der Waals surface area contributed by atoms with Crippen molar-refractivity contribution in [3.63, 3.8) is 0 Å². The first kappa shape index (κ1) is 7.72. The maximum atomic E-state index is 8.70. The predicted octanol–water partition coefficient (Wildman–Crippen LogP) is 1.26. The Balaban J connectivity index is 2.78. The third-order valence-electron chi connectivity index (χ3n) is 1.36. The van der Waals surface area contributed by atoms with Gasteiger partial charge in [0.25, 0.3) is 0 Å². The molecule has 0 unspecified atom stereocenters. The zero-order valence-electron chi connectivity index (χ0n) is 5.87. The molecule has 56 valence electrons. The molecule has 0 aliphatic heterocycles. The Hall–Kier alpha value is -0.380. The van der Waals surface area contributed by atoms with Gasteiger partial charge in [-0.2, -0.15) is 0 Å². The van der Waals surface area contributed by atoms with Crippen LogP contribution in [0.4, 0.5) is 0 Å². The molecule has 0 saturated carbocycles. The van der Waals surface area contributed by atoms with Crippen molar-refractivity contribution < 1.29 is 5.11 Å². The molecular formula is C7H11NOS. The summed E-state index contributed by atoms with van der Waals surface area (Å²) in [5.74, 6) is 0. The Morgan fingerprint density at radius 1 is 1.80 bits per heavy atom. The molecule has 2 nitrogen and oxygen atoms in total. The molecule has 0 fully saturated rings. The summed E-state index contributed by atoms with van der Waals surface area (Å²) in [6, 6.07) is 2.02. The van der Waals surface area contributed by atoms with Crippen LogP contribution in [0.5, 0.6) is 0 Å². The third-order valence-corrected chi connectivity index (χ3v) is 2.30. The Kier molecular flexibility index (Phi) is 2.43. The molecule has 0 aromatic carbocycles. The van der Waals surface area contributed by atoms with Crippen molar-refractivity contribution in [2.75, 3.05) is 0 Å². The molecule has 3 N–H and O–H groups in total. The van der Waals surface area contributed by atoms with Gasteiger partial charge in [-0.3, -0.25) is 0 Å². The van der Waals surface area contributed by atoms with Crippen LogP contribution in [0.2, 0.25) is 0 Å². The van der Waals surface area contributed by atoms with E-state index in [1.54, 1.807) is 11.3 Å². The lowest BCUT2D eigenvalue weighted by Gasteiger charge is -1.97. The zero-order chi connectivity index (χ0) is 7.56. The first-order chi connectivity index (χ1) is 4.74. The fraction of sp³-hybridized carbons (Fsp3) is 0.429. The third kappa shape index (κ3) is 1.56. The van der Waals surface area contributed by atoms with Crippen molar-refractivity contribution in [1.29, 1.82) is 0 Å². The second-order valence-electron chi connectivity index (χ2n) is 2.29. The summed E-state index contributed by atoms with van der Waals surface area (Å²) in [5.41, 5.74) is 6.71. The van der Waals surface area contributed by atoms with E-state index >= 15 is 0 Å². The van der Waals surface area contributed by atoms with Crippen molar-refractivity contribution in [2.24, 2.45) is 5.73 Å². The Morgan fingerprint density at radius 2 is 2.50 bits per heavy atom. The topological polar surface area (TPSA) is 46.2 Å². The van der Waals surface area contributed by atoms with Gasteiger partial charge in [-0.1, -0.05) is 0 Å². The molecule has 1 heterocycles. The number of thiophene rings is 1. The van der Waals surface area contributed by atoms with E-state index in [0.717, 1.165) is 10.4 Å². The van der Waals surface area contributed by atoms with E-state index in [9.17, 15) is 0 Å². The van der Waals surface area contributed by atoms with Crippen LogP contribution in [-0.4, -0.2) is 5.11 Å². The molecule has 1 rings (SSSR count). The first-order valence-electron chi connectivity index (χ1n) is 3.17. The SMILES string of the molecule is C[C@@H](N)c1csc(CO)c1. The van der Waals surface area contributed by atoms with Gasteiger partial charge in [-0.25, -0.2) is 0 Å². The second-order valence-corrected chi connectivity index (χ2v) is 3.29. The van der Waals surface area contributed by atoms with Crippen molar-refractivity contribution in [3.8, 4) is 0 Å². The standard InChI is InChI=1S/C7H11NOS/c1-5(8)6-2-7(3-9)10-4-6/h2,4-5,9H,3,8H2,1H3/t5-/m1/s1. The van der Waals surface area contributed by atoms with Gasteiger partial charge >= 0.3 is 0 Å². The number of aliphatic hydroxyl groups is 1. The Labute approximate surface area is 64.3 Å². The lowest BCUT2D eigenvalue weighted by atomic mass is 10.2. The highest BCUT2D eigenvalue weighted by atomic mass is 32.1. The van der Waals surface area contributed by atoms with Crippen molar-refractivity contribution in [1.82, 2.24) is 0 Å².